The summed E-state index contributed by atoms with van der Waals surface area (Å²) >= 11 is 0. The molecule has 1 aromatic carbocycles. The highest BCUT2D eigenvalue weighted by molar-refractivity contribution is 5.87. The fourth-order valence-electron chi connectivity index (χ4n) is 3.67. The molecule has 2 N–H and O–H groups in total. The SMILES string of the molecule is CC.CC(C)C.COC(=O)C1CCCN1C(=O)CNC(=O)OC(C)(C)C.O=C(O)N1CCc2ccccc2C1. The number of carbonyl (C=O) groups excluding carboxylic acids is 3. The first-order valence-corrected chi connectivity index (χ1v) is 13.6. The van der Waals surface area contributed by atoms with Crippen molar-refractivity contribution in [3.8, 4) is 0 Å². The second-order valence-electron chi connectivity index (χ2n) is 10.6. The van der Waals surface area contributed by atoms with E-state index in [1.165, 1.54) is 22.5 Å². The van der Waals surface area contributed by atoms with Gasteiger partial charge in [0.25, 0.3) is 0 Å². The first kappa shape index (κ1) is 35.7. The Hall–Kier alpha value is -3.30. The number of ether oxygens (including phenoxy) is 2. The van der Waals surface area contributed by atoms with E-state index in [4.69, 9.17) is 9.84 Å². The highest BCUT2D eigenvalue weighted by Crippen LogP contribution is 2.19. The maximum atomic E-state index is 12.0. The van der Waals surface area contributed by atoms with Crippen LogP contribution in [0.25, 0.3) is 0 Å². The number of fused-ring (bicyclic) bond motifs is 1. The lowest BCUT2D eigenvalue weighted by atomic mass is 10.0. The zero-order valence-corrected chi connectivity index (χ0v) is 25.2. The Labute approximate surface area is 234 Å². The molecule has 3 amide bonds. The third kappa shape index (κ3) is 14.4. The second kappa shape index (κ2) is 18.1. The zero-order chi connectivity index (χ0) is 30.2. The Morgan fingerprint density at radius 2 is 1.62 bits per heavy atom. The Kier molecular flexibility index (Phi) is 16.5. The molecule has 10 nitrogen and oxygen atoms in total. The van der Waals surface area contributed by atoms with E-state index in [2.05, 4.69) is 36.9 Å². The van der Waals surface area contributed by atoms with Gasteiger partial charge in [-0.05, 0) is 57.1 Å². The van der Waals surface area contributed by atoms with E-state index in [0.29, 0.717) is 26.1 Å². The predicted molar refractivity (Wildman–Crippen MR) is 151 cm³/mol. The van der Waals surface area contributed by atoms with Gasteiger partial charge in [-0.3, -0.25) is 4.79 Å². The van der Waals surface area contributed by atoms with Crippen LogP contribution in [0.15, 0.2) is 24.3 Å². The summed E-state index contributed by atoms with van der Waals surface area (Å²) in [4.78, 5) is 48.5. The first-order valence-electron chi connectivity index (χ1n) is 13.6. The number of esters is 1. The summed E-state index contributed by atoms with van der Waals surface area (Å²) in [7, 11) is 1.29. The fourth-order valence-corrected chi connectivity index (χ4v) is 3.67. The molecule has 0 saturated carbocycles. The number of amides is 3. The van der Waals surface area contributed by atoms with Crippen LogP contribution < -0.4 is 5.32 Å². The van der Waals surface area contributed by atoms with Crippen molar-refractivity contribution in [2.24, 2.45) is 5.92 Å². The van der Waals surface area contributed by atoms with E-state index in [-0.39, 0.29) is 12.5 Å². The maximum absolute atomic E-state index is 12.0. The molecule has 1 aromatic rings. The van der Waals surface area contributed by atoms with Crippen LogP contribution in [-0.2, 0) is 32.0 Å². The van der Waals surface area contributed by atoms with Gasteiger partial charge in [-0.25, -0.2) is 14.4 Å². The van der Waals surface area contributed by atoms with Crippen molar-refractivity contribution < 1.29 is 33.8 Å². The number of carboxylic acid groups (broad SMARTS) is 1. The average molecular weight is 552 g/mol. The molecule has 0 radical (unpaired) electrons. The quantitative estimate of drug-likeness (QED) is 0.502. The average Bonchev–Trinajstić information content (AvgIpc) is 3.37. The van der Waals surface area contributed by atoms with Crippen molar-refractivity contribution >= 4 is 24.1 Å². The van der Waals surface area contributed by atoms with Crippen LogP contribution >= 0.6 is 0 Å². The summed E-state index contributed by atoms with van der Waals surface area (Å²) < 4.78 is 9.69. The molecule has 2 aliphatic heterocycles. The number of nitrogens with one attached hydrogen (secondary N) is 1. The minimum Gasteiger partial charge on any atom is -0.467 e. The summed E-state index contributed by atoms with van der Waals surface area (Å²) in [5.41, 5.74) is 1.80. The lowest BCUT2D eigenvalue weighted by Gasteiger charge is -2.26. The molecule has 2 aliphatic rings. The number of likely N-dealkylation sites (tertiary alicyclic amines) is 1. The van der Waals surface area contributed by atoms with Gasteiger partial charge in [0.15, 0.2) is 0 Å². The van der Waals surface area contributed by atoms with E-state index >= 15 is 0 Å². The van der Waals surface area contributed by atoms with E-state index in [9.17, 15) is 19.2 Å². The molecule has 0 aromatic heterocycles. The Morgan fingerprint density at radius 3 is 2.13 bits per heavy atom. The molecular weight excluding hydrogens is 502 g/mol. The molecule has 3 rings (SSSR count). The summed E-state index contributed by atoms with van der Waals surface area (Å²) in [6.45, 7) is 17.2. The molecule has 1 fully saturated rings. The molecule has 1 saturated heterocycles. The lowest BCUT2D eigenvalue weighted by Crippen LogP contribution is -2.46. The zero-order valence-electron chi connectivity index (χ0n) is 25.2. The van der Waals surface area contributed by atoms with Gasteiger partial charge in [-0.15, -0.1) is 0 Å². The number of hydrogen-bond acceptors (Lipinski definition) is 6. The van der Waals surface area contributed by atoms with Crippen molar-refractivity contribution in [3.05, 3.63) is 35.4 Å². The first-order chi connectivity index (χ1) is 18.2. The fraction of sp³-hybridized carbons (Fsp3) is 0.655. The normalized spacial score (nSPS) is 15.7. The van der Waals surface area contributed by atoms with E-state index in [1.54, 1.807) is 20.8 Å². The van der Waals surface area contributed by atoms with Crippen molar-refractivity contribution in [1.82, 2.24) is 15.1 Å². The van der Waals surface area contributed by atoms with Gasteiger partial charge in [0.05, 0.1) is 7.11 Å². The predicted octanol–water partition coefficient (Wildman–Crippen LogP) is 5.09. The van der Waals surface area contributed by atoms with Crippen LogP contribution in [0.3, 0.4) is 0 Å². The lowest BCUT2D eigenvalue weighted by molar-refractivity contribution is -0.150. The summed E-state index contributed by atoms with van der Waals surface area (Å²) in [6.07, 6.45) is 0.694. The smallest absolute Gasteiger partial charge is 0.408 e. The Bertz CT molecular complexity index is 910. The Morgan fingerprint density at radius 1 is 1.05 bits per heavy atom. The number of methoxy groups -OCH3 is 1. The third-order valence-corrected chi connectivity index (χ3v) is 5.23. The van der Waals surface area contributed by atoms with E-state index in [0.717, 1.165) is 24.3 Å². The topological polar surface area (TPSA) is 125 Å². The number of benzene rings is 1. The second-order valence-corrected chi connectivity index (χ2v) is 10.6. The van der Waals surface area contributed by atoms with Crippen LogP contribution in [0.1, 0.15) is 79.4 Å². The maximum Gasteiger partial charge on any atom is 0.408 e. The third-order valence-electron chi connectivity index (χ3n) is 5.23. The van der Waals surface area contributed by atoms with Gasteiger partial charge in [0.2, 0.25) is 5.91 Å². The van der Waals surface area contributed by atoms with E-state index in [1.807, 2.05) is 32.0 Å². The largest absolute Gasteiger partial charge is 0.467 e. The van der Waals surface area contributed by atoms with Gasteiger partial charge in [0, 0.05) is 19.6 Å². The van der Waals surface area contributed by atoms with Gasteiger partial charge in [-0.1, -0.05) is 58.9 Å². The van der Waals surface area contributed by atoms with Crippen molar-refractivity contribution in [2.75, 3.05) is 26.7 Å². The molecule has 2 heterocycles. The molecule has 0 spiro atoms. The van der Waals surface area contributed by atoms with Gasteiger partial charge in [-0.2, -0.15) is 0 Å². The standard InChI is InChI=1S/C13H22N2O5.C10H11NO2.C4H10.C2H6/c1-13(2,3)20-12(18)14-8-10(16)15-7-5-6-9(15)11(17)19-4;12-10(13)11-6-5-8-3-1-2-4-9(8)7-11;1-4(2)3;1-2/h9H,5-8H2,1-4H3,(H,14,18);1-4H,5-7H2,(H,12,13);4H,1-3H3;1-2H3. The van der Waals surface area contributed by atoms with Crippen molar-refractivity contribution in [1.29, 1.82) is 0 Å². The molecule has 222 valence electrons. The minimum atomic E-state index is -0.825. The summed E-state index contributed by atoms with van der Waals surface area (Å²) in [6, 6.07) is 7.45. The monoisotopic (exact) mass is 551 g/mol. The number of rotatable bonds is 3. The molecule has 10 heteroatoms. The van der Waals surface area contributed by atoms with Crippen LogP contribution in [-0.4, -0.2) is 77.4 Å². The summed E-state index contributed by atoms with van der Waals surface area (Å²) in [5, 5.41) is 11.2. The van der Waals surface area contributed by atoms with Crippen LogP contribution in [0.2, 0.25) is 0 Å². The van der Waals surface area contributed by atoms with E-state index < -0.39 is 29.8 Å². The minimum absolute atomic E-state index is 0.192. The van der Waals surface area contributed by atoms with Gasteiger partial charge in [0.1, 0.15) is 18.2 Å². The molecule has 0 bridgehead atoms. The number of nitrogens with zero attached hydrogens (tertiary/aromatic N) is 2. The van der Waals surface area contributed by atoms with Gasteiger partial charge < -0.3 is 29.7 Å². The van der Waals surface area contributed by atoms with Crippen LogP contribution in [0, 0.1) is 5.92 Å². The highest BCUT2D eigenvalue weighted by Gasteiger charge is 2.34. The van der Waals surface area contributed by atoms with Crippen molar-refractivity contribution in [2.45, 2.75) is 92.8 Å². The number of carbonyl (C=O) groups is 4. The molecule has 1 atom stereocenters. The molecule has 1 unspecified atom stereocenters. The van der Waals surface area contributed by atoms with Gasteiger partial charge >= 0.3 is 18.2 Å². The summed E-state index contributed by atoms with van der Waals surface area (Å²) in [5.74, 6) is 0.0943. The Balaban J connectivity index is 0.000000647. The van der Waals surface area contributed by atoms with Crippen molar-refractivity contribution in [3.63, 3.8) is 0 Å². The highest BCUT2D eigenvalue weighted by atomic mass is 16.6. The number of alkyl carbamates (subject to hydrolysis) is 1. The van der Waals surface area contributed by atoms with Crippen LogP contribution in [0.5, 0.6) is 0 Å². The molecular formula is C29H49N3O7. The van der Waals surface area contributed by atoms with Crippen LogP contribution in [0.4, 0.5) is 9.59 Å². The molecule has 39 heavy (non-hydrogen) atoms. The molecule has 0 aliphatic carbocycles. The number of hydrogen-bond donors (Lipinski definition) is 2.